The first-order valence-corrected chi connectivity index (χ1v) is 9.21. The van der Waals surface area contributed by atoms with Gasteiger partial charge in [0.15, 0.2) is 11.5 Å². The second-order valence-electron chi connectivity index (χ2n) is 6.81. The van der Waals surface area contributed by atoms with Crippen molar-refractivity contribution in [1.29, 1.82) is 0 Å². The molecular formula is C22H24O4. The van der Waals surface area contributed by atoms with Crippen LogP contribution in [0.2, 0.25) is 0 Å². The van der Waals surface area contributed by atoms with E-state index in [9.17, 15) is 9.59 Å². The van der Waals surface area contributed by atoms with Gasteiger partial charge in [-0.05, 0) is 43.0 Å². The molecule has 1 saturated carbocycles. The van der Waals surface area contributed by atoms with Crippen molar-refractivity contribution in [3.05, 3.63) is 59.7 Å². The van der Waals surface area contributed by atoms with E-state index in [4.69, 9.17) is 9.47 Å². The highest BCUT2D eigenvalue weighted by Gasteiger charge is 2.19. The Morgan fingerprint density at radius 2 is 1.54 bits per heavy atom. The molecule has 0 heterocycles. The smallest absolute Gasteiger partial charge is 0.343 e. The van der Waals surface area contributed by atoms with Crippen LogP contribution in [0.3, 0.4) is 0 Å². The van der Waals surface area contributed by atoms with Gasteiger partial charge < -0.3 is 9.47 Å². The molecule has 1 fully saturated rings. The summed E-state index contributed by atoms with van der Waals surface area (Å²) in [5.74, 6) is 0.436. The van der Waals surface area contributed by atoms with E-state index in [2.05, 4.69) is 0 Å². The summed E-state index contributed by atoms with van der Waals surface area (Å²) in [6.45, 7) is 1.85. The van der Waals surface area contributed by atoms with Crippen molar-refractivity contribution in [1.82, 2.24) is 0 Å². The van der Waals surface area contributed by atoms with Crippen LogP contribution in [0, 0.1) is 12.8 Å². The molecule has 2 aromatic rings. The van der Waals surface area contributed by atoms with Gasteiger partial charge in [-0.2, -0.15) is 0 Å². The fourth-order valence-electron chi connectivity index (χ4n) is 3.37. The summed E-state index contributed by atoms with van der Waals surface area (Å²) in [7, 11) is 0. The van der Waals surface area contributed by atoms with Crippen LogP contribution in [0.5, 0.6) is 11.5 Å². The summed E-state index contributed by atoms with van der Waals surface area (Å²) in [5, 5.41) is 0. The van der Waals surface area contributed by atoms with Crippen molar-refractivity contribution >= 4 is 11.9 Å². The number of carbonyl (C=O) groups is 2. The van der Waals surface area contributed by atoms with Crippen LogP contribution in [0.4, 0.5) is 0 Å². The van der Waals surface area contributed by atoms with Crippen LogP contribution in [0.25, 0.3) is 0 Å². The van der Waals surface area contributed by atoms with Gasteiger partial charge in [0.25, 0.3) is 0 Å². The third kappa shape index (κ3) is 4.72. The molecule has 0 N–H and O–H groups in total. The summed E-state index contributed by atoms with van der Waals surface area (Å²) in [6.07, 6.45) is 6.19. The van der Waals surface area contributed by atoms with Crippen molar-refractivity contribution in [2.45, 2.75) is 45.4 Å². The fraction of sp³-hybridized carbons (Fsp3) is 0.364. The molecule has 3 rings (SSSR count). The molecule has 0 unspecified atom stereocenters. The second kappa shape index (κ2) is 8.65. The summed E-state index contributed by atoms with van der Waals surface area (Å²) < 4.78 is 10.9. The van der Waals surface area contributed by atoms with Gasteiger partial charge in [0.1, 0.15) is 0 Å². The van der Waals surface area contributed by atoms with E-state index in [0.29, 0.717) is 17.9 Å². The maximum atomic E-state index is 12.4. The van der Waals surface area contributed by atoms with Crippen molar-refractivity contribution in [3.8, 4) is 11.5 Å². The lowest BCUT2D eigenvalue weighted by Gasteiger charge is -2.12. The zero-order chi connectivity index (χ0) is 18.4. The minimum atomic E-state index is -0.461. The first kappa shape index (κ1) is 18.2. The standard InChI is InChI=1S/C22H24O4/c1-16-8-2-5-11-18(16)22(24)26-20-13-7-6-12-19(20)25-21(23)15-14-17-9-3-4-10-17/h2,5-8,11-13,17H,3-4,9-10,14-15H2,1H3. The summed E-state index contributed by atoms with van der Waals surface area (Å²) >= 11 is 0. The number of aryl methyl sites for hydroxylation is 1. The molecule has 0 aromatic heterocycles. The number of hydrogen-bond donors (Lipinski definition) is 0. The van der Waals surface area contributed by atoms with E-state index < -0.39 is 5.97 Å². The van der Waals surface area contributed by atoms with E-state index in [1.54, 1.807) is 36.4 Å². The lowest BCUT2D eigenvalue weighted by atomic mass is 10.0. The van der Waals surface area contributed by atoms with Crippen LogP contribution >= 0.6 is 0 Å². The van der Waals surface area contributed by atoms with E-state index >= 15 is 0 Å². The van der Waals surface area contributed by atoms with E-state index in [-0.39, 0.29) is 17.5 Å². The number of para-hydroxylation sites is 2. The van der Waals surface area contributed by atoms with Gasteiger partial charge in [-0.1, -0.05) is 56.0 Å². The van der Waals surface area contributed by atoms with Gasteiger partial charge in [0.05, 0.1) is 5.56 Å². The number of rotatable bonds is 6. The normalized spacial score (nSPS) is 14.2. The zero-order valence-corrected chi connectivity index (χ0v) is 15.1. The van der Waals surface area contributed by atoms with Crippen molar-refractivity contribution in [2.24, 2.45) is 5.92 Å². The van der Waals surface area contributed by atoms with Crippen molar-refractivity contribution < 1.29 is 19.1 Å². The summed E-state index contributed by atoms with van der Waals surface area (Å²) in [5.41, 5.74) is 1.33. The maximum absolute atomic E-state index is 12.4. The third-order valence-corrected chi connectivity index (χ3v) is 4.87. The first-order chi connectivity index (χ1) is 12.6. The predicted octanol–water partition coefficient (Wildman–Crippen LogP) is 5.09. The van der Waals surface area contributed by atoms with Crippen molar-refractivity contribution in [2.75, 3.05) is 0 Å². The molecule has 136 valence electrons. The minimum Gasteiger partial charge on any atom is -0.423 e. The molecule has 0 radical (unpaired) electrons. The van der Waals surface area contributed by atoms with Gasteiger partial charge >= 0.3 is 11.9 Å². The van der Waals surface area contributed by atoms with Crippen LogP contribution in [0.1, 0.15) is 54.4 Å². The number of ether oxygens (including phenoxy) is 2. The van der Waals surface area contributed by atoms with Gasteiger partial charge in [0, 0.05) is 6.42 Å². The Labute approximate surface area is 154 Å². The number of esters is 2. The van der Waals surface area contributed by atoms with E-state index in [1.807, 2.05) is 19.1 Å². The molecule has 4 nitrogen and oxygen atoms in total. The highest BCUT2D eigenvalue weighted by molar-refractivity contribution is 5.93. The maximum Gasteiger partial charge on any atom is 0.343 e. The number of carbonyl (C=O) groups excluding carboxylic acids is 2. The Morgan fingerprint density at radius 1 is 0.923 bits per heavy atom. The molecule has 2 aromatic carbocycles. The monoisotopic (exact) mass is 352 g/mol. The quantitative estimate of drug-likeness (QED) is 0.537. The fourth-order valence-corrected chi connectivity index (χ4v) is 3.37. The molecule has 4 heteroatoms. The highest BCUT2D eigenvalue weighted by atomic mass is 16.6. The predicted molar refractivity (Wildman–Crippen MR) is 99.4 cm³/mol. The molecule has 1 aliphatic carbocycles. The second-order valence-corrected chi connectivity index (χ2v) is 6.81. The molecule has 0 amide bonds. The van der Waals surface area contributed by atoms with Gasteiger partial charge in [-0.3, -0.25) is 4.79 Å². The zero-order valence-electron chi connectivity index (χ0n) is 15.1. The van der Waals surface area contributed by atoms with Gasteiger partial charge in [-0.25, -0.2) is 4.79 Å². The van der Waals surface area contributed by atoms with Crippen LogP contribution in [-0.4, -0.2) is 11.9 Å². The molecule has 0 spiro atoms. The first-order valence-electron chi connectivity index (χ1n) is 9.21. The lowest BCUT2D eigenvalue weighted by Crippen LogP contribution is -2.13. The number of hydrogen-bond acceptors (Lipinski definition) is 4. The largest absolute Gasteiger partial charge is 0.423 e. The average molecular weight is 352 g/mol. The Morgan fingerprint density at radius 3 is 2.23 bits per heavy atom. The van der Waals surface area contributed by atoms with Crippen LogP contribution in [0.15, 0.2) is 48.5 Å². The Bertz CT molecular complexity index is 775. The van der Waals surface area contributed by atoms with Crippen molar-refractivity contribution in [3.63, 3.8) is 0 Å². The number of benzene rings is 2. The minimum absolute atomic E-state index is 0.259. The highest BCUT2D eigenvalue weighted by Crippen LogP contribution is 2.30. The lowest BCUT2D eigenvalue weighted by molar-refractivity contribution is -0.134. The molecule has 0 bridgehead atoms. The Kier molecular flexibility index (Phi) is 6.05. The average Bonchev–Trinajstić information content (AvgIpc) is 3.15. The van der Waals surface area contributed by atoms with E-state index in [0.717, 1.165) is 12.0 Å². The molecule has 26 heavy (non-hydrogen) atoms. The molecule has 1 aliphatic rings. The molecule has 0 atom stereocenters. The molecule has 0 aliphatic heterocycles. The van der Waals surface area contributed by atoms with Crippen LogP contribution < -0.4 is 9.47 Å². The Balaban J connectivity index is 1.63. The van der Waals surface area contributed by atoms with Gasteiger partial charge in [0.2, 0.25) is 0 Å². The van der Waals surface area contributed by atoms with Gasteiger partial charge in [-0.15, -0.1) is 0 Å². The molecular weight excluding hydrogens is 328 g/mol. The third-order valence-electron chi connectivity index (χ3n) is 4.87. The summed E-state index contributed by atoms with van der Waals surface area (Å²) in [6, 6.07) is 14.0. The van der Waals surface area contributed by atoms with Crippen LogP contribution in [-0.2, 0) is 4.79 Å². The van der Waals surface area contributed by atoms with E-state index in [1.165, 1.54) is 25.7 Å². The summed E-state index contributed by atoms with van der Waals surface area (Å²) in [4.78, 5) is 24.6. The molecule has 0 saturated heterocycles. The SMILES string of the molecule is Cc1ccccc1C(=O)Oc1ccccc1OC(=O)CCC1CCCC1. The topological polar surface area (TPSA) is 52.6 Å². The Hall–Kier alpha value is -2.62.